The number of hydrogen-bond donors (Lipinski definition) is 2. The van der Waals surface area contributed by atoms with Crippen molar-refractivity contribution in [3.8, 4) is 5.75 Å². The topological polar surface area (TPSA) is 71.2 Å². The number of piperazine rings is 1. The van der Waals surface area contributed by atoms with Crippen LogP contribution in [-0.2, 0) is 16.0 Å². The summed E-state index contributed by atoms with van der Waals surface area (Å²) in [4.78, 5) is 4.80. The third kappa shape index (κ3) is 5.94. The van der Waals surface area contributed by atoms with Gasteiger partial charge in [-0.2, -0.15) is 0 Å². The molecule has 1 aliphatic rings. The molecule has 1 saturated heterocycles. The second-order valence-electron chi connectivity index (χ2n) is 6.13. The largest absolute Gasteiger partial charge is 0.508 e. The van der Waals surface area contributed by atoms with Crippen molar-refractivity contribution < 1.29 is 14.6 Å². The molecule has 0 radical (unpaired) electrons. The molecule has 24 heavy (non-hydrogen) atoms. The third-order valence-electron chi connectivity index (χ3n) is 4.35. The Balaban J connectivity index is 1.74. The Bertz CT molecular complexity index is 484. The lowest BCUT2D eigenvalue weighted by Gasteiger charge is -2.35. The molecule has 1 heterocycles. The van der Waals surface area contributed by atoms with Crippen LogP contribution in [0.15, 0.2) is 18.2 Å². The quantitative estimate of drug-likeness (QED) is 0.407. The molecular formula is C18H31N3O3. The molecule has 136 valence electrons. The average molecular weight is 337 g/mol. The van der Waals surface area contributed by atoms with Gasteiger partial charge in [-0.25, -0.2) is 0 Å². The van der Waals surface area contributed by atoms with E-state index >= 15 is 0 Å². The summed E-state index contributed by atoms with van der Waals surface area (Å²) in [5.41, 5.74) is 7.40. The number of benzene rings is 1. The van der Waals surface area contributed by atoms with Gasteiger partial charge in [0.1, 0.15) is 5.75 Å². The van der Waals surface area contributed by atoms with E-state index in [2.05, 4.69) is 9.80 Å². The molecule has 1 aromatic rings. The normalized spacial score (nSPS) is 16.8. The van der Waals surface area contributed by atoms with Crippen LogP contribution in [0.4, 0.5) is 5.69 Å². The fraction of sp³-hybridized carbons (Fsp3) is 0.667. The summed E-state index contributed by atoms with van der Waals surface area (Å²) in [6.07, 6.45) is 0.805. The number of anilines is 1. The molecule has 6 heteroatoms. The van der Waals surface area contributed by atoms with Gasteiger partial charge in [-0.3, -0.25) is 4.90 Å². The van der Waals surface area contributed by atoms with Crippen LogP contribution in [0.1, 0.15) is 25.8 Å². The molecule has 3 N–H and O–H groups in total. The van der Waals surface area contributed by atoms with Gasteiger partial charge in [-0.15, -0.1) is 0 Å². The SMILES string of the molecule is CCOC(CCN1CCN(Cc2cc(N)ccc2O)CC1)OCC. The van der Waals surface area contributed by atoms with Crippen molar-refractivity contribution in [1.82, 2.24) is 9.80 Å². The van der Waals surface area contributed by atoms with Crippen molar-refractivity contribution in [2.75, 3.05) is 51.7 Å². The fourth-order valence-corrected chi connectivity index (χ4v) is 3.02. The second kappa shape index (κ2) is 9.84. The van der Waals surface area contributed by atoms with Crippen LogP contribution < -0.4 is 5.73 Å². The maximum absolute atomic E-state index is 9.94. The molecule has 1 fully saturated rings. The minimum atomic E-state index is -0.0951. The Morgan fingerprint density at radius 1 is 1.08 bits per heavy atom. The summed E-state index contributed by atoms with van der Waals surface area (Å²) >= 11 is 0. The number of ether oxygens (including phenoxy) is 2. The zero-order valence-corrected chi connectivity index (χ0v) is 14.9. The first-order valence-electron chi connectivity index (χ1n) is 8.87. The number of phenolic OH excluding ortho intramolecular Hbond substituents is 1. The highest BCUT2D eigenvalue weighted by Crippen LogP contribution is 2.22. The number of rotatable bonds is 9. The third-order valence-corrected chi connectivity index (χ3v) is 4.35. The van der Waals surface area contributed by atoms with Gasteiger partial charge in [0.25, 0.3) is 0 Å². The highest BCUT2D eigenvalue weighted by atomic mass is 16.7. The number of nitrogens with zero attached hydrogens (tertiary/aromatic N) is 2. The molecular weight excluding hydrogens is 306 g/mol. The first-order valence-corrected chi connectivity index (χ1v) is 8.87. The van der Waals surface area contributed by atoms with Crippen molar-refractivity contribution in [2.45, 2.75) is 33.1 Å². The van der Waals surface area contributed by atoms with E-state index in [4.69, 9.17) is 15.2 Å². The molecule has 0 aliphatic carbocycles. The second-order valence-corrected chi connectivity index (χ2v) is 6.13. The van der Waals surface area contributed by atoms with Gasteiger partial charge in [0.2, 0.25) is 0 Å². The lowest BCUT2D eigenvalue weighted by atomic mass is 10.1. The van der Waals surface area contributed by atoms with Gasteiger partial charge in [0, 0.05) is 70.2 Å². The van der Waals surface area contributed by atoms with E-state index in [0.717, 1.165) is 51.3 Å². The van der Waals surface area contributed by atoms with Gasteiger partial charge < -0.3 is 25.2 Å². The summed E-state index contributed by atoms with van der Waals surface area (Å²) in [5.74, 6) is 0.322. The van der Waals surface area contributed by atoms with E-state index in [1.165, 1.54) is 0 Å². The highest BCUT2D eigenvalue weighted by Gasteiger charge is 2.19. The fourth-order valence-electron chi connectivity index (χ4n) is 3.02. The van der Waals surface area contributed by atoms with E-state index in [1.54, 1.807) is 12.1 Å². The Hall–Kier alpha value is -1.34. The van der Waals surface area contributed by atoms with Crippen molar-refractivity contribution in [3.63, 3.8) is 0 Å². The van der Waals surface area contributed by atoms with Crippen LogP contribution in [0.3, 0.4) is 0 Å². The van der Waals surface area contributed by atoms with Gasteiger partial charge in [0.15, 0.2) is 6.29 Å². The number of nitrogens with two attached hydrogens (primary N) is 1. The maximum Gasteiger partial charge on any atom is 0.158 e. The number of aromatic hydroxyl groups is 1. The van der Waals surface area contributed by atoms with E-state index < -0.39 is 0 Å². The summed E-state index contributed by atoms with van der Waals surface area (Å²) in [7, 11) is 0. The van der Waals surface area contributed by atoms with E-state index in [0.29, 0.717) is 24.7 Å². The van der Waals surface area contributed by atoms with Crippen molar-refractivity contribution >= 4 is 5.69 Å². The Morgan fingerprint density at radius 2 is 1.71 bits per heavy atom. The van der Waals surface area contributed by atoms with Crippen LogP contribution >= 0.6 is 0 Å². The highest BCUT2D eigenvalue weighted by molar-refractivity contribution is 5.47. The Labute approximate surface area is 145 Å². The minimum Gasteiger partial charge on any atom is -0.508 e. The van der Waals surface area contributed by atoms with Crippen molar-refractivity contribution in [1.29, 1.82) is 0 Å². The minimum absolute atomic E-state index is 0.0951. The first kappa shape index (κ1) is 19.0. The molecule has 1 aliphatic heterocycles. The van der Waals surface area contributed by atoms with E-state index in [9.17, 15) is 5.11 Å². The average Bonchev–Trinajstić information content (AvgIpc) is 2.58. The van der Waals surface area contributed by atoms with Crippen molar-refractivity contribution in [2.24, 2.45) is 0 Å². The van der Waals surface area contributed by atoms with Gasteiger partial charge >= 0.3 is 0 Å². The molecule has 0 saturated carbocycles. The van der Waals surface area contributed by atoms with Crippen LogP contribution in [0.2, 0.25) is 0 Å². The monoisotopic (exact) mass is 337 g/mol. The molecule has 1 aromatic carbocycles. The first-order chi connectivity index (χ1) is 11.6. The predicted octanol–water partition coefficient (Wildman–Crippen LogP) is 1.88. The van der Waals surface area contributed by atoms with E-state index in [1.807, 2.05) is 19.9 Å². The van der Waals surface area contributed by atoms with Crippen molar-refractivity contribution in [3.05, 3.63) is 23.8 Å². The molecule has 0 atom stereocenters. The molecule has 0 bridgehead atoms. The smallest absolute Gasteiger partial charge is 0.158 e. The molecule has 0 amide bonds. The zero-order valence-electron chi connectivity index (χ0n) is 14.9. The lowest BCUT2D eigenvalue weighted by molar-refractivity contribution is -0.142. The number of nitrogen functional groups attached to an aromatic ring is 1. The lowest BCUT2D eigenvalue weighted by Crippen LogP contribution is -2.46. The molecule has 0 aromatic heterocycles. The molecule has 2 rings (SSSR count). The predicted molar refractivity (Wildman–Crippen MR) is 95.9 cm³/mol. The van der Waals surface area contributed by atoms with Crippen LogP contribution in [-0.4, -0.2) is 67.1 Å². The summed E-state index contributed by atoms with van der Waals surface area (Å²) < 4.78 is 11.2. The van der Waals surface area contributed by atoms with Gasteiger partial charge in [-0.1, -0.05) is 0 Å². The van der Waals surface area contributed by atoms with E-state index in [-0.39, 0.29) is 6.29 Å². The maximum atomic E-state index is 9.94. The summed E-state index contributed by atoms with van der Waals surface area (Å²) in [6.45, 7) is 11.1. The number of hydrogen-bond acceptors (Lipinski definition) is 6. The summed E-state index contributed by atoms with van der Waals surface area (Å²) in [5, 5.41) is 9.94. The van der Waals surface area contributed by atoms with Crippen LogP contribution in [0.5, 0.6) is 5.75 Å². The summed E-state index contributed by atoms with van der Waals surface area (Å²) in [6, 6.07) is 5.25. The Morgan fingerprint density at radius 3 is 2.33 bits per heavy atom. The standard InChI is InChI=1S/C18H31N3O3/c1-3-23-18(24-4-2)7-8-20-9-11-21(12-10-20)14-15-13-16(19)5-6-17(15)22/h5-6,13,18,22H,3-4,7-12,14,19H2,1-2H3. The Kier molecular flexibility index (Phi) is 7.78. The molecule has 0 spiro atoms. The van der Waals surface area contributed by atoms with Gasteiger partial charge in [-0.05, 0) is 32.0 Å². The van der Waals surface area contributed by atoms with Gasteiger partial charge in [0.05, 0.1) is 0 Å². The van der Waals surface area contributed by atoms with Crippen LogP contribution in [0.25, 0.3) is 0 Å². The number of phenols is 1. The zero-order chi connectivity index (χ0) is 17.4. The van der Waals surface area contributed by atoms with Crippen LogP contribution in [0, 0.1) is 0 Å². The molecule has 0 unspecified atom stereocenters. The molecule has 6 nitrogen and oxygen atoms in total.